The molecule has 2 amide bonds. The molecule has 7 nitrogen and oxygen atoms in total. The van der Waals surface area contributed by atoms with Crippen LogP contribution in [0.3, 0.4) is 0 Å². The van der Waals surface area contributed by atoms with E-state index in [1.807, 2.05) is 13.8 Å². The number of anilines is 2. The molecule has 0 saturated carbocycles. The molecule has 5 aromatic rings. The minimum atomic E-state index is -1.81. The van der Waals surface area contributed by atoms with Gasteiger partial charge in [0.05, 0.1) is 23.2 Å². The van der Waals surface area contributed by atoms with E-state index in [1.165, 1.54) is 33.3 Å². The van der Waals surface area contributed by atoms with Crippen molar-refractivity contribution in [2.24, 2.45) is 0 Å². The van der Waals surface area contributed by atoms with Gasteiger partial charge in [0, 0.05) is 17.1 Å². The van der Waals surface area contributed by atoms with Crippen molar-refractivity contribution in [2.75, 3.05) is 9.80 Å². The average Bonchev–Trinajstić information content (AvgIpc) is 3.60. The molecule has 1 spiro atoms. The van der Waals surface area contributed by atoms with Crippen LogP contribution in [0.5, 0.6) is 0 Å². The number of thiazole rings is 1. The van der Waals surface area contributed by atoms with Gasteiger partial charge in [0.25, 0.3) is 11.8 Å². The average molecular weight is 538 g/mol. The normalized spacial score (nSPS) is 17.9. The van der Waals surface area contributed by atoms with Gasteiger partial charge in [-0.3, -0.25) is 19.3 Å². The third kappa shape index (κ3) is 3.07. The quantitative estimate of drug-likeness (QED) is 0.305. The summed E-state index contributed by atoms with van der Waals surface area (Å²) in [6.07, 6.45) is 1.55. The number of carbonyl (C=O) groups is 2. The van der Waals surface area contributed by atoms with E-state index in [1.54, 1.807) is 60.1 Å². The number of fused-ring (bicyclic) bond motifs is 5. The summed E-state index contributed by atoms with van der Waals surface area (Å²) in [6.45, 7) is 3.91. The third-order valence-electron chi connectivity index (χ3n) is 7.61. The molecule has 0 fully saturated rings. The number of halogens is 1. The first-order chi connectivity index (χ1) is 18.8. The first-order valence-corrected chi connectivity index (χ1v) is 13.2. The summed E-state index contributed by atoms with van der Waals surface area (Å²) in [5.74, 6) is -1.64. The summed E-state index contributed by atoms with van der Waals surface area (Å²) >= 11 is 1.19. The Balaban J connectivity index is 1.56. The van der Waals surface area contributed by atoms with E-state index in [0.29, 0.717) is 22.2 Å². The zero-order chi connectivity index (χ0) is 27.1. The van der Waals surface area contributed by atoms with Crippen LogP contribution in [0.4, 0.5) is 15.2 Å². The van der Waals surface area contributed by atoms with Gasteiger partial charge in [0.2, 0.25) is 5.76 Å². The Morgan fingerprint density at radius 2 is 1.74 bits per heavy atom. The molecule has 1 unspecified atom stereocenters. The Labute approximate surface area is 225 Å². The monoisotopic (exact) mass is 537 g/mol. The van der Waals surface area contributed by atoms with Crippen LogP contribution in [0.15, 0.2) is 81.5 Å². The number of rotatable bonds is 3. The lowest BCUT2D eigenvalue weighted by Gasteiger charge is -2.32. The van der Waals surface area contributed by atoms with E-state index in [0.717, 1.165) is 11.1 Å². The highest BCUT2D eigenvalue weighted by Gasteiger charge is 2.66. The van der Waals surface area contributed by atoms with Gasteiger partial charge in [-0.2, -0.15) is 0 Å². The Morgan fingerprint density at radius 3 is 2.49 bits per heavy atom. The highest BCUT2D eigenvalue weighted by Crippen LogP contribution is 2.54. The minimum absolute atomic E-state index is 0.0162. The highest BCUT2D eigenvalue weighted by molar-refractivity contribution is 7.13. The fourth-order valence-corrected chi connectivity index (χ4v) is 6.36. The molecule has 0 radical (unpaired) electrons. The lowest BCUT2D eigenvalue weighted by atomic mass is 9.84. The van der Waals surface area contributed by atoms with E-state index < -0.39 is 22.8 Å². The van der Waals surface area contributed by atoms with Crippen LogP contribution in [0.2, 0.25) is 0 Å². The summed E-state index contributed by atoms with van der Waals surface area (Å²) < 4.78 is 19.8. The second kappa shape index (κ2) is 8.18. The lowest BCUT2D eigenvalue weighted by molar-refractivity contribution is -0.121. The summed E-state index contributed by atoms with van der Waals surface area (Å²) in [7, 11) is 0. The molecular formula is C30H20FN3O4S. The molecule has 0 aliphatic carbocycles. The number of aromatic nitrogens is 1. The molecule has 3 aromatic carbocycles. The van der Waals surface area contributed by atoms with Crippen molar-refractivity contribution >= 4 is 44.9 Å². The van der Waals surface area contributed by atoms with Crippen molar-refractivity contribution in [3.05, 3.63) is 122 Å². The SMILES string of the molecule is Cc1cc2oc3c(c(=O)c2cc1C)C1(C(=O)N(Cc2ccc(F)cc2)c2ccccc21)N(c1nccs1)C3=O. The number of hydrogen-bond acceptors (Lipinski definition) is 6. The van der Waals surface area contributed by atoms with Crippen LogP contribution in [0.25, 0.3) is 11.0 Å². The Bertz CT molecular complexity index is 1900. The first-order valence-electron chi connectivity index (χ1n) is 12.3. The van der Waals surface area contributed by atoms with Gasteiger partial charge in [-0.1, -0.05) is 30.3 Å². The molecule has 2 aliphatic rings. The van der Waals surface area contributed by atoms with E-state index >= 15 is 0 Å². The number of benzene rings is 3. The smallest absolute Gasteiger partial charge is 0.297 e. The molecule has 1 atom stereocenters. The van der Waals surface area contributed by atoms with Gasteiger partial charge in [-0.15, -0.1) is 11.3 Å². The minimum Gasteiger partial charge on any atom is -0.450 e. The zero-order valence-electron chi connectivity index (χ0n) is 20.9. The number of aryl methyl sites for hydroxylation is 2. The summed E-state index contributed by atoms with van der Waals surface area (Å²) in [5, 5.41) is 2.28. The number of carbonyl (C=O) groups excluding carboxylic acids is 2. The summed E-state index contributed by atoms with van der Waals surface area (Å²) in [4.78, 5) is 50.4. The Hall–Kier alpha value is -4.63. The molecule has 2 aliphatic heterocycles. The molecule has 4 heterocycles. The Morgan fingerprint density at radius 1 is 1.00 bits per heavy atom. The van der Waals surface area contributed by atoms with E-state index in [4.69, 9.17) is 4.42 Å². The van der Waals surface area contributed by atoms with Gasteiger partial charge in [-0.25, -0.2) is 9.37 Å². The van der Waals surface area contributed by atoms with Gasteiger partial charge in [0.1, 0.15) is 11.4 Å². The van der Waals surface area contributed by atoms with Crippen molar-refractivity contribution in [1.82, 2.24) is 4.98 Å². The number of hydrogen-bond donors (Lipinski definition) is 0. The molecular weight excluding hydrogens is 517 g/mol. The maximum Gasteiger partial charge on any atom is 0.297 e. The van der Waals surface area contributed by atoms with Gasteiger partial charge in [0.15, 0.2) is 16.1 Å². The molecule has 0 saturated heterocycles. The van der Waals surface area contributed by atoms with E-state index in [9.17, 15) is 18.8 Å². The van der Waals surface area contributed by atoms with Crippen LogP contribution in [0.1, 0.15) is 38.4 Å². The molecule has 192 valence electrons. The van der Waals surface area contributed by atoms with Crippen LogP contribution >= 0.6 is 11.3 Å². The van der Waals surface area contributed by atoms with Gasteiger partial charge in [-0.05, 0) is 60.9 Å². The summed E-state index contributed by atoms with van der Waals surface area (Å²) in [5.41, 5.74) is 1.55. The van der Waals surface area contributed by atoms with Gasteiger partial charge >= 0.3 is 0 Å². The van der Waals surface area contributed by atoms with Crippen molar-refractivity contribution in [3.8, 4) is 0 Å². The van der Waals surface area contributed by atoms with E-state index in [-0.39, 0.29) is 34.4 Å². The van der Waals surface area contributed by atoms with Crippen LogP contribution < -0.4 is 15.2 Å². The largest absolute Gasteiger partial charge is 0.450 e. The fraction of sp³-hybridized carbons (Fsp3) is 0.133. The molecule has 2 aromatic heterocycles. The maximum absolute atomic E-state index is 14.7. The first kappa shape index (κ1) is 23.5. The van der Waals surface area contributed by atoms with Crippen molar-refractivity contribution in [3.63, 3.8) is 0 Å². The van der Waals surface area contributed by atoms with Crippen molar-refractivity contribution < 1.29 is 18.4 Å². The van der Waals surface area contributed by atoms with Crippen LogP contribution in [-0.2, 0) is 16.9 Å². The molecule has 7 rings (SSSR count). The molecule has 39 heavy (non-hydrogen) atoms. The van der Waals surface area contributed by atoms with E-state index in [2.05, 4.69) is 4.98 Å². The third-order valence-corrected chi connectivity index (χ3v) is 8.36. The van der Waals surface area contributed by atoms with Crippen LogP contribution in [-0.4, -0.2) is 16.8 Å². The predicted molar refractivity (Wildman–Crippen MR) is 146 cm³/mol. The van der Waals surface area contributed by atoms with Gasteiger partial charge < -0.3 is 9.32 Å². The Kier molecular flexibility index (Phi) is 4.93. The maximum atomic E-state index is 14.7. The fourth-order valence-electron chi connectivity index (χ4n) is 5.67. The molecule has 0 bridgehead atoms. The number of amides is 2. The van der Waals surface area contributed by atoms with Crippen molar-refractivity contribution in [2.45, 2.75) is 25.9 Å². The number of para-hydroxylation sites is 1. The highest BCUT2D eigenvalue weighted by atomic mass is 32.1. The second-order valence-electron chi connectivity index (χ2n) is 9.77. The molecule has 9 heteroatoms. The zero-order valence-corrected chi connectivity index (χ0v) is 21.7. The second-order valence-corrected chi connectivity index (χ2v) is 10.6. The lowest BCUT2D eigenvalue weighted by Crippen LogP contribution is -2.53. The predicted octanol–water partition coefficient (Wildman–Crippen LogP) is 5.46. The topological polar surface area (TPSA) is 83.7 Å². The number of nitrogens with zero attached hydrogens (tertiary/aromatic N) is 3. The molecule has 0 N–H and O–H groups in total. The standard InChI is InChI=1S/C30H20FN3O4S/c1-16-13-20-23(14-17(16)2)38-26-24(25(20)35)30(34(27(26)36)29-32-11-12-39-29)21-5-3-4-6-22(21)33(28(30)37)15-18-7-9-19(31)10-8-18/h3-14H,15H2,1-2H3. The summed E-state index contributed by atoms with van der Waals surface area (Å²) in [6, 6.07) is 16.5. The van der Waals surface area contributed by atoms with Crippen molar-refractivity contribution in [1.29, 1.82) is 0 Å². The van der Waals surface area contributed by atoms with Crippen LogP contribution in [0, 0.1) is 19.7 Å².